The summed E-state index contributed by atoms with van der Waals surface area (Å²) in [5, 5.41) is 2.85. The minimum Gasteiger partial charge on any atom is -0.496 e. The largest absolute Gasteiger partial charge is 0.496 e. The van der Waals surface area contributed by atoms with Crippen molar-refractivity contribution in [2.24, 2.45) is 0 Å². The molecule has 0 aliphatic rings. The molecule has 0 radical (unpaired) electrons. The highest BCUT2D eigenvalue weighted by Gasteiger charge is 2.12. The molecule has 1 aromatic carbocycles. The fraction of sp³-hybridized carbons (Fsp3) is 0.294. The van der Waals surface area contributed by atoms with Gasteiger partial charge in [0.1, 0.15) is 11.5 Å². The minimum atomic E-state index is -0.0881. The van der Waals surface area contributed by atoms with Gasteiger partial charge in [-0.25, -0.2) is 0 Å². The van der Waals surface area contributed by atoms with Gasteiger partial charge >= 0.3 is 0 Å². The number of carbonyl (C=O) groups is 1. The first-order chi connectivity index (χ1) is 10.6. The maximum atomic E-state index is 12.1. The number of nitrogens with one attached hydrogen (secondary N) is 1. The Labute approximate surface area is 130 Å². The van der Waals surface area contributed by atoms with Crippen LogP contribution < -0.4 is 14.8 Å². The average Bonchev–Trinajstić information content (AvgIpc) is 2.55. The van der Waals surface area contributed by atoms with Crippen LogP contribution in [0.15, 0.2) is 36.5 Å². The van der Waals surface area contributed by atoms with E-state index in [-0.39, 0.29) is 12.3 Å². The van der Waals surface area contributed by atoms with E-state index >= 15 is 0 Å². The summed E-state index contributed by atoms with van der Waals surface area (Å²) in [6.45, 7) is 2.34. The lowest BCUT2D eigenvalue weighted by Gasteiger charge is -2.13. The molecule has 0 spiro atoms. The normalized spacial score (nSPS) is 10.1. The number of pyridine rings is 1. The zero-order chi connectivity index (χ0) is 15.9. The second-order valence-corrected chi connectivity index (χ2v) is 4.91. The summed E-state index contributed by atoms with van der Waals surface area (Å²) in [5.74, 6) is 1.34. The van der Waals surface area contributed by atoms with Gasteiger partial charge in [0.05, 0.1) is 32.9 Å². The summed E-state index contributed by atoms with van der Waals surface area (Å²) in [6, 6.07) is 9.32. The third-order valence-corrected chi connectivity index (χ3v) is 3.34. The monoisotopic (exact) mass is 300 g/mol. The molecule has 116 valence electrons. The zero-order valence-electron chi connectivity index (χ0n) is 13.1. The molecule has 1 N–H and O–H groups in total. The van der Waals surface area contributed by atoms with Crippen LogP contribution in [0.3, 0.4) is 0 Å². The smallest absolute Gasteiger partial charge is 0.224 e. The number of amides is 1. The maximum Gasteiger partial charge on any atom is 0.224 e. The van der Waals surface area contributed by atoms with Crippen LogP contribution in [0.25, 0.3) is 0 Å². The van der Waals surface area contributed by atoms with Crippen LogP contribution in [-0.2, 0) is 17.8 Å². The molecule has 5 nitrogen and oxygen atoms in total. The Balaban J connectivity index is 2.04. The number of ether oxygens (including phenoxy) is 2. The summed E-state index contributed by atoms with van der Waals surface area (Å²) in [6.07, 6.45) is 1.93. The SMILES string of the molecule is COc1cc(CC(=O)NCc2ccccn2)c(OC)cc1C. The fourth-order valence-corrected chi connectivity index (χ4v) is 2.18. The van der Waals surface area contributed by atoms with Crippen LogP contribution in [-0.4, -0.2) is 25.1 Å². The van der Waals surface area contributed by atoms with Gasteiger partial charge in [-0.1, -0.05) is 6.07 Å². The Morgan fingerprint density at radius 1 is 1.18 bits per heavy atom. The van der Waals surface area contributed by atoms with Crippen LogP contribution in [0, 0.1) is 6.92 Å². The van der Waals surface area contributed by atoms with Crippen molar-refractivity contribution in [3.63, 3.8) is 0 Å². The van der Waals surface area contributed by atoms with Crippen molar-refractivity contribution in [3.05, 3.63) is 53.3 Å². The van der Waals surface area contributed by atoms with Crippen LogP contribution in [0.2, 0.25) is 0 Å². The van der Waals surface area contributed by atoms with Gasteiger partial charge in [0.25, 0.3) is 0 Å². The lowest BCUT2D eigenvalue weighted by molar-refractivity contribution is -0.120. The number of benzene rings is 1. The number of aromatic nitrogens is 1. The highest BCUT2D eigenvalue weighted by atomic mass is 16.5. The molecule has 2 rings (SSSR count). The Morgan fingerprint density at radius 2 is 1.95 bits per heavy atom. The van der Waals surface area contributed by atoms with E-state index in [0.29, 0.717) is 12.3 Å². The zero-order valence-corrected chi connectivity index (χ0v) is 13.1. The summed E-state index contributed by atoms with van der Waals surface area (Å²) >= 11 is 0. The topological polar surface area (TPSA) is 60.5 Å². The molecular weight excluding hydrogens is 280 g/mol. The first-order valence-corrected chi connectivity index (χ1v) is 7.02. The van der Waals surface area contributed by atoms with E-state index in [1.165, 1.54) is 0 Å². The second-order valence-electron chi connectivity index (χ2n) is 4.91. The third kappa shape index (κ3) is 3.97. The Bertz CT molecular complexity index is 642. The van der Waals surface area contributed by atoms with Gasteiger partial charge in [0, 0.05) is 11.8 Å². The molecule has 0 saturated heterocycles. The summed E-state index contributed by atoms with van der Waals surface area (Å²) in [4.78, 5) is 16.3. The van der Waals surface area contributed by atoms with Gasteiger partial charge in [-0.3, -0.25) is 9.78 Å². The van der Waals surface area contributed by atoms with Crippen molar-refractivity contribution in [3.8, 4) is 11.5 Å². The molecule has 0 unspecified atom stereocenters. The molecule has 0 fully saturated rings. The molecule has 1 amide bonds. The number of carbonyl (C=O) groups excluding carboxylic acids is 1. The highest BCUT2D eigenvalue weighted by molar-refractivity contribution is 5.79. The molecule has 0 saturated carbocycles. The number of aryl methyl sites for hydroxylation is 1. The lowest BCUT2D eigenvalue weighted by atomic mass is 10.1. The van der Waals surface area contributed by atoms with E-state index in [9.17, 15) is 4.79 Å². The molecular formula is C17H20N2O3. The van der Waals surface area contributed by atoms with Crippen LogP contribution in [0.4, 0.5) is 0 Å². The quantitative estimate of drug-likeness (QED) is 0.889. The summed E-state index contributed by atoms with van der Waals surface area (Å²) in [5.41, 5.74) is 2.59. The van der Waals surface area contributed by atoms with Crippen molar-refractivity contribution < 1.29 is 14.3 Å². The highest BCUT2D eigenvalue weighted by Crippen LogP contribution is 2.28. The predicted molar refractivity (Wildman–Crippen MR) is 84.1 cm³/mol. The van der Waals surface area contributed by atoms with Gasteiger partial charge in [0.15, 0.2) is 0 Å². The van der Waals surface area contributed by atoms with Crippen molar-refractivity contribution in [1.29, 1.82) is 0 Å². The van der Waals surface area contributed by atoms with E-state index in [1.807, 2.05) is 37.3 Å². The molecule has 22 heavy (non-hydrogen) atoms. The Morgan fingerprint density at radius 3 is 2.59 bits per heavy atom. The minimum absolute atomic E-state index is 0.0881. The van der Waals surface area contributed by atoms with E-state index in [1.54, 1.807) is 20.4 Å². The van der Waals surface area contributed by atoms with Gasteiger partial charge < -0.3 is 14.8 Å². The van der Waals surface area contributed by atoms with Crippen molar-refractivity contribution in [2.75, 3.05) is 14.2 Å². The van der Waals surface area contributed by atoms with Crippen LogP contribution >= 0.6 is 0 Å². The Kier molecular flexibility index (Phi) is 5.36. The third-order valence-electron chi connectivity index (χ3n) is 3.34. The number of nitrogens with zero attached hydrogens (tertiary/aromatic N) is 1. The predicted octanol–water partition coefficient (Wildman–Crippen LogP) is 2.27. The number of methoxy groups -OCH3 is 2. The van der Waals surface area contributed by atoms with Crippen molar-refractivity contribution in [1.82, 2.24) is 10.3 Å². The molecule has 0 aliphatic carbocycles. The first kappa shape index (κ1) is 15.8. The Hall–Kier alpha value is -2.56. The van der Waals surface area contributed by atoms with Crippen molar-refractivity contribution in [2.45, 2.75) is 19.9 Å². The molecule has 1 aromatic heterocycles. The second kappa shape index (κ2) is 7.45. The standard InChI is InChI=1S/C17H20N2O3/c1-12-8-16(22-3)13(9-15(12)21-2)10-17(20)19-11-14-6-4-5-7-18-14/h4-9H,10-11H2,1-3H3,(H,19,20). The van der Waals surface area contributed by atoms with Gasteiger partial charge in [-0.2, -0.15) is 0 Å². The lowest BCUT2D eigenvalue weighted by Crippen LogP contribution is -2.25. The molecule has 0 bridgehead atoms. The van der Waals surface area contributed by atoms with Gasteiger partial charge in [-0.05, 0) is 36.8 Å². The number of hydrogen-bond donors (Lipinski definition) is 1. The van der Waals surface area contributed by atoms with Crippen LogP contribution in [0.5, 0.6) is 11.5 Å². The molecule has 0 aliphatic heterocycles. The molecule has 5 heteroatoms. The van der Waals surface area contributed by atoms with E-state index < -0.39 is 0 Å². The van der Waals surface area contributed by atoms with Gasteiger partial charge in [-0.15, -0.1) is 0 Å². The maximum absolute atomic E-state index is 12.1. The number of rotatable bonds is 6. The first-order valence-electron chi connectivity index (χ1n) is 7.02. The summed E-state index contributed by atoms with van der Waals surface area (Å²) < 4.78 is 10.6. The van der Waals surface area contributed by atoms with Gasteiger partial charge in [0.2, 0.25) is 5.91 Å². The van der Waals surface area contributed by atoms with E-state index in [4.69, 9.17) is 9.47 Å². The average molecular weight is 300 g/mol. The van der Waals surface area contributed by atoms with Crippen molar-refractivity contribution >= 4 is 5.91 Å². The van der Waals surface area contributed by atoms with E-state index in [2.05, 4.69) is 10.3 Å². The summed E-state index contributed by atoms with van der Waals surface area (Å²) in [7, 11) is 3.20. The molecule has 1 heterocycles. The molecule has 0 atom stereocenters. The fourth-order valence-electron chi connectivity index (χ4n) is 2.18. The van der Waals surface area contributed by atoms with E-state index in [0.717, 1.165) is 22.6 Å². The number of hydrogen-bond acceptors (Lipinski definition) is 4. The van der Waals surface area contributed by atoms with Crippen LogP contribution in [0.1, 0.15) is 16.8 Å². The molecule has 2 aromatic rings.